The van der Waals surface area contributed by atoms with Crippen LogP contribution in [0, 0.1) is 0 Å². The summed E-state index contributed by atoms with van der Waals surface area (Å²) in [6.07, 6.45) is 8.88. The van der Waals surface area contributed by atoms with Crippen molar-refractivity contribution in [3.63, 3.8) is 0 Å². The Morgan fingerprint density at radius 3 is 2.56 bits per heavy atom. The summed E-state index contributed by atoms with van der Waals surface area (Å²) in [6, 6.07) is 4.64. The molecule has 0 radical (unpaired) electrons. The maximum absolute atomic E-state index is 12.0. The van der Waals surface area contributed by atoms with Crippen LogP contribution in [0.25, 0.3) is 16.6 Å². The number of anilines is 1. The highest BCUT2D eigenvalue weighted by atomic mass is 35.5. The number of hydrogen-bond acceptors (Lipinski definition) is 6. The second-order valence-electron chi connectivity index (χ2n) is 9.64. The highest BCUT2D eigenvalue weighted by molar-refractivity contribution is 7.91. The Balaban J connectivity index is 1.25. The molecule has 1 saturated carbocycles. The monoisotopic (exact) mass is 474 g/mol. The molecule has 170 valence electrons. The van der Waals surface area contributed by atoms with Crippen molar-refractivity contribution in [2.75, 3.05) is 42.6 Å². The van der Waals surface area contributed by atoms with Gasteiger partial charge in [-0.05, 0) is 38.3 Å². The van der Waals surface area contributed by atoms with Gasteiger partial charge in [0.25, 0.3) is 0 Å². The minimum absolute atomic E-state index is 0.251. The average molecular weight is 475 g/mol. The second-order valence-corrected chi connectivity index (χ2v) is 12.2. The summed E-state index contributed by atoms with van der Waals surface area (Å²) in [7, 11) is -2.92. The van der Waals surface area contributed by atoms with Crippen LogP contribution in [0.2, 0.25) is 5.02 Å². The molecule has 4 heterocycles. The number of rotatable bonds is 4. The Bertz CT molecular complexity index is 1290. The maximum Gasteiger partial charge on any atom is 0.152 e. The average Bonchev–Trinajstić information content (AvgIpc) is 3.23. The molecule has 6 rings (SSSR count). The predicted octanol–water partition coefficient (Wildman–Crippen LogP) is 2.91. The molecule has 1 aliphatic carbocycles. The zero-order valence-electron chi connectivity index (χ0n) is 18.1. The number of piperazine rings is 1. The van der Waals surface area contributed by atoms with Gasteiger partial charge in [-0.1, -0.05) is 11.6 Å². The fourth-order valence-electron chi connectivity index (χ4n) is 5.19. The molecule has 1 atom stereocenters. The van der Waals surface area contributed by atoms with Crippen molar-refractivity contribution in [1.82, 2.24) is 24.5 Å². The molecule has 8 nitrogen and oxygen atoms in total. The molecule has 0 spiro atoms. The van der Waals surface area contributed by atoms with E-state index in [0.717, 1.165) is 54.9 Å². The SMILES string of the molecule is CC1(N2CCN(c3cc4c(cnn4-c4cnn(C5CC5)c4)cc3Cl)CC2)CCS(=O)(=O)C1. The van der Waals surface area contributed by atoms with Crippen molar-refractivity contribution in [2.45, 2.75) is 37.8 Å². The molecule has 10 heteroatoms. The van der Waals surface area contributed by atoms with Gasteiger partial charge in [-0.15, -0.1) is 0 Å². The Morgan fingerprint density at radius 2 is 1.88 bits per heavy atom. The fraction of sp³-hybridized carbons (Fsp3) is 0.545. The first kappa shape index (κ1) is 20.5. The molecule has 2 saturated heterocycles. The van der Waals surface area contributed by atoms with Gasteiger partial charge in [-0.25, -0.2) is 13.1 Å². The summed E-state index contributed by atoms with van der Waals surface area (Å²) >= 11 is 6.69. The first-order valence-electron chi connectivity index (χ1n) is 11.2. The summed E-state index contributed by atoms with van der Waals surface area (Å²) in [5.41, 5.74) is 2.72. The highest BCUT2D eigenvalue weighted by Gasteiger charge is 2.43. The first-order valence-corrected chi connectivity index (χ1v) is 13.4. The molecule has 3 aromatic rings. The van der Waals surface area contributed by atoms with Crippen LogP contribution >= 0.6 is 11.6 Å². The van der Waals surface area contributed by atoms with Crippen molar-refractivity contribution < 1.29 is 8.42 Å². The summed E-state index contributed by atoms with van der Waals surface area (Å²) in [5.74, 6) is 0.563. The van der Waals surface area contributed by atoms with Crippen LogP contribution in [0.4, 0.5) is 5.69 Å². The molecular weight excluding hydrogens is 448 g/mol. The third-order valence-corrected chi connectivity index (χ3v) is 9.45. The van der Waals surface area contributed by atoms with Gasteiger partial charge < -0.3 is 4.90 Å². The number of benzene rings is 1. The van der Waals surface area contributed by atoms with Crippen molar-refractivity contribution in [1.29, 1.82) is 0 Å². The Hall–Kier alpha value is -2.10. The quantitative estimate of drug-likeness (QED) is 0.578. The van der Waals surface area contributed by atoms with Crippen LogP contribution in [-0.4, -0.2) is 76.1 Å². The molecule has 0 N–H and O–H groups in total. The van der Waals surface area contributed by atoms with Crippen LogP contribution < -0.4 is 4.90 Å². The van der Waals surface area contributed by atoms with E-state index < -0.39 is 9.84 Å². The smallest absolute Gasteiger partial charge is 0.152 e. The van der Waals surface area contributed by atoms with Crippen LogP contribution in [-0.2, 0) is 9.84 Å². The number of aromatic nitrogens is 4. The van der Waals surface area contributed by atoms with Gasteiger partial charge in [0.05, 0.1) is 52.4 Å². The maximum atomic E-state index is 12.0. The van der Waals surface area contributed by atoms with Gasteiger partial charge >= 0.3 is 0 Å². The van der Waals surface area contributed by atoms with Crippen LogP contribution in [0.1, 0.15) is 32.2 Å². The highest BCUT2D eigenvalue weighted by Crippen LogP contribution is 2.36. The van der Waals surface area contributed by atoms with Gasteiger partial charge in [-0.2, -0.15) is 10.2 Å². The minimum atomic E-state index is -2.92. The van der Waals surface area contributed by atoms with E-state index in [1.165, 1.54) is 12.8 Å². The minimum Gasteiger partial charge on any atom is -0.368 e. The number of nitrogens with zero attached hydrogens (tertiary/aromatic N) is 6. The largest absolute Gasteiger partial charge is 0.368 e. The molecule has 0 amide bonds. The van der Waals surface area contributed by atoms with Crippen molar-refractivity contribution in [3.05, 3.63) is 35.7 Å². The van der Waals surface area contributed by atoms with Gasteiger partial charge in [-0.3, -0.25) is 9.58 Å². The fourth-order valence-corrected chi connectivity index (χ4v) is 7.65. The van der Waals surface area contributed by atoms with Gasteiger partial charge in [0.1, 0.15) is 5.69 Å². The summed E-state index contributed by atoms with van der Waals surface area (Å²) in [4.78, 5) is 4.65. The van der Waals surface area contributed by atoms with E-state index in [-0.39, 0.29) is 11.3 Å². The van der Waals surface area contributed by atoms with E-state index in [0.29, 0.717) is 16.8 Å². The van der Waals surface area contributed by atoms with E-state index in [4.69, 9.17) is 11.6 Å². The molecule has 2 aromatic heterocycles. The van der Waals surface area contributed by atoms with Crippen molar-refractivity contribution in [3.8, 4) is 5.69 Å². The standard InChI is InChI=1S/C22H27ClN6O2S/c1-22(4-9-32(30,31)15-22)27-7-5-26(6-8-27)21-11-20-16(10-19(21)23)12-25-29(20)18-13-24-28(14-18)17-2-3-17/h10-14,17H,2-9,15H2,1H3. The van der Waals surface area contributed by atoms with Crippen LogP contribution in [0.3, 0.4) is 0 Å². The van der Waals surface area contributed by atoms with Crippen molar-refractivity contribution >= 4 is 38.0 Å². The molecule has 0 bridgehead atoms. The third-order valence-electron chi connectivity index (χ3n) is 7.26. The lowest BCUT2D eigenvalue weighted by atomic mass is 9.98. The van der Waals surface area contributed by atoms with Crippen molar-refractivity contribution in [2.24, 2.45) is 0 Å². The molecule has 2 aliphatic heterocycles. The first-order chi connectivity index (χ1) is 15.3. The number of halogens is 1. The van der Waals surface area contributed by atoms with Gasteiger partial charge in [0, 0.05) is 37.1 Å². The molecular formula is C22H27ClN6O2S. The van der Waals surface area contributed by atoms with Crippen LogP contribution in [0.15, 0.2) is 30.7 Å². The third kappa shape index (κ3) is 3.50. The second kappa shape index (κ2) is 7.20. The molecule has 3 aliphatic rings. The van der Waals surface area contributed by atoms with E-state index in [9.17, 15) is 8.42 Å². The normalized spacial score (nSPS) is 26.2. The summed E-state index contributed by atoms with van der Waals surface area (Å²) in [6.45, 7) is 5.37. The number of sulfone groups is 1. The summed E-state index contributed by atoms with van der Waals surface area (Å²) in [5, 5.41) is 10.8. The molecule has 32 heavy (non-hydrogen) atoms. The van der Waals surface area contributed by atoms with Gasteiger partial charge in [0.15, 0.2) is 9.84 Å². The Morgan fingerprint density at radius 1 is 1.09 bits per heavy atom. The zero-order valence-corrected chi connectivity index (χ0v) is 19.7. The van der Waals surface area contributed by atoms with E-state index in [1.54, 1.807) is 0 Å². The lowest BCUT2D eigenvalue weighted by Crippen LogP contribution is -2.56. The molecule has 1 unspecified atom stereocenters. The van der Waals surface area contributed by atoms with Crippen LogP contribution in [0.5, 0.6) is 0 Å². The number of fused-ring (bicyclic) bond motifs is 1. The lowest BCUT2D eigenvalue weighted by molar-refractivity contribution is 0.118. The number of hydrogen-bond donors (Lipinski definition) is 0. The molecule has 3 fully saturated rings. The lowest BCUT2D eigenvalue weighted by Gasteiger charge is -2.44. The Kier molecular flexibility index (Phi) is 4.61. The zero-order chi connectivity index (χ0) is 22.1. The topological polar surface area (TPSA) is 76.3 Å². The van der Waals surface area contributed by atoms with E-state index in [1.807, 2.05) is 27.8 Å². The molecule has 1 aromatic carbocycles. The van der Waals surface area contributed by atoms with E-state index >= 15 is 0 Å². The Labute approximate surface area is 192 Å². The predicted molar refractivity (Wildman–Crippen MR) is 126 cm³/mol. The van der Waals surface area contributed by atoms with E-state index in [2.05, 4.69) is 39.2 Å². The summed E-state index contributed by atoms with van der Waals surface area (Å²) < 4.78 is 28.0. The van der Waals surface area contributed by atoms with Gasteiger partial charge in [0.2, 0.25) is 0 Å².